The quantitative estimate of drug-likeness (QED) is 0.200. The number of nitrogens with zero attached hydrogens (tertiary/aromatic N) is 2. The molecule has 182 valence electrons. The van der Waals surface area contributed by atoms with Crippen LogP contribution in [0.2, 0.25) is 5.02 Å². The molecule has 1 N–H and O–H groups in total. The number of Topliss-reactive ketones (excluding diaryl/α,β-unsaturated/α-hetero) is 1. The first-order chi connectivity index (χ1) is 17.3. The van der Waals surface area contributed by atoms with Crippen LogP contribution < -0.4 is 14.4 Å². The average molecular weight is 521 g/mol. The summed E-state index contributed by atoms with van der Waals surface area (Å²) in [7, 11) is 3.02. The number of fused-ring (bicyclic) bond motifs is 1. The van der Waals surface area contributed by atoms with Gasteiger partial charge in [-0.05, 0) is 42.8 Å². The number of rotatable bonds is 5. The number of aromatic nitrogens is 1. The second-order valence-corrected chi connectivity index (χ2v) is 9.70. The Kier molecular flexibility index (Phi) is 6.15. The third-order valence-electron chi connectivity index (χ3n) is 6.04. The molecule has 1 aliphatic rings. The number of anilines is 1. The maximum absolute atomic E-state index is 13.4. The Morgan fingerprint density at radius 2 is 1.72 bits per heavy atom. The van der Waals surface area contributed by atoms with E-state index >= 15 is 0 Å². The largest absolute Gasteiger partial charge is 0.507 e. The summed E-state index contributed by atoms with van der Waals surface area (Å²) >= 11 is 7.39. The number of methoxy groups -OCH3 is 2. The van der Waals surface area contributed by atoms with Crippen LogP contribution in [0.1, 0.15) is 22.7 Å². The molecule has 36 heavy (non-hydrogen) atoms. The lowest BCUT2D eigenvalue weighted by Gasteiger charge is -2.23. The van der Waals surface area contributed by atoms with Gasteiger partial charge in [-0.15, -0.1) is 0 Å². The number of ketones is 1. The van der Waals surface area contributed by atoms with Crippen molar-refractivity contribution in [3.8, 4) is 11.5 Å². The van der Waals surface area contributed by atoms with Crippen molar-refractivity contribution < 1.29 is 24.2 Å². The van der Waals surface area contributed by atoms with Crippen molar-refractivity contribution in [2.24, 2.45) is 0 Å². The Morgan fingerprint density at radius 1 is 1.00 bits per heavy atom. The molecule has 5 rings (SSSR count). The molecular formula is C27H21ClN2O5S. The van der Waals surface area contributed by atoms with E-state index in [0.29, 0.717) is 38.3 Å². The van der Waals surface area contributed by atoms with Crippen LogP contribution in [0.5, 0.6) is 11.5 Å². The SMILES string of the molecule is COc1ccc(C2C(=C(O)c3ccc(C)cc3)C(=O)C(=O)N2c2nc3ccc(Cl)cc3s2)cc1OC. The van der Waals surface area contributed by atoms with Crippen LogP contribution in [-0.4, -0.2) is 36.0 Å². The Balaban J connectivity index is 1.75. The number of amides is 1. The summed E-state index contributed by atoms with van der Waals surface area (Å²) in [5.74, 6) is -0.933. The molecule has 1 unspecified atom stereocenters. The van der Waals surface area contributed by atoms with Gasteiger partial charge in [-0.2, -0.15) is 0 Å². The minimum atomic E-state index is -0.942. The maximum Gasteiger partial charge on any atom is 0.301 e. The van der Waals surface area contributed by atoms with Gasteiger partial charge in [0.25, 0.3) is 5.78 Å². The minimum absolute atomic E-state index is 0.0339. The molecule has 1 saturated heterocycles. The summed E-state index contributed by atoms with van der Waals surface area (Å²) in [4.78, 5) is 32.7. The van der Waals surface area contributed by atoms with Gasteiger partial charge >= 0.3 is 5.91 Å². The molecule has 0 saturated carbocycles. The van der Waals surface area contributed by atoms with E-state index in [9.17, 15) is 14.7 Å². The predicted octanol–water partition coefficient (Wildman–Crippen LogP) is 5.90. The second kappa shape index (κ2) is 9.29. The number of halogens is 1. The normalized spacial score (nSPS) is 17.1. The fourth-order valence-corrected chi connectivity index (χ4v) is 5.49. The summed E-state index contributed by atoms with van der Waals surface area (Å²) in [5.41, 5.74) is 2.59. The lowest BCUT2D eigenvalue weighted by atomic mass is 9.95. The van der Waals surface area contributed by atoms with Crippen LogP contribution in [0, 0.1) is 6.92 Å². The molecule has 1 fully saturated rings. The first kappa shape index (κ1) is 23.8. The second-order valence-electron chi connectivity index (χ2n) is 8.26. The van der Waals surface area contributed by atoms with Gasteiger partial charge in [0.2, 0.25) is 0 Å². The maximum atomic E-state index is 13.4. The van der Waals surface area contributed by atoms with Gasteiger partial charge in [-0.25, -0.2) is 4.98 Å². The van der Waals surface area contributed by atoms with Crippen molar-refractivity contribution in [2.75, 3.05) is 19.1 Å². The van der Waals surface area contributed by atoms with Gasteiger partial charge in [-0.3, -0.25) is 14.5 Å². The van der Waals surface area contributed by atoms with Crippen LogP contribution >= 0.6 is 22.9 Å². The molecule has 1 aromatic heterocycles. The van der Waals surface area contributed by atoms with Crippen molar-refractivity contribution in [1.29, 1.82) is 0 Å². The number of aryl methyl sites for hydroxylation is 1. The Hall–Kier alpha value is -3.88. The van der Waals surface area contributed by atoms with E-state index in [0.717, 1.165) is 10.3 Å². The number of aliphatic hydroxyl groups is 1. The smallest absolute Gasteiger partial charge is 0.301 e. The van der Waals surface area contributed by atoms with Crippen molar-refractivity contribution in [1.82, 2.24) is 4.98 Å². The summed E-state index contributed by atoms with van der Waals surface area (Å²) < 4.78 is 11.6. The highest BCUT2D eigenvalue weighted by Gasteiger charge is 2.48. The molecule has 1 atom stereocenters. The minimum Gasteiger partial charge on any atom is -0.507 e. The van der Waals surface area contributed by atoms with Gasteiger partial charge in [0, 0.05) is 10.6 Å². The molecule has 0 radical (unpaired) electrons. The Morgan fingerprint density at radius 3 is 2.42 bits per heavy atom. The van der Waals surface area contributed by atoms with Crippen LogP contribution in [0.25, 0.3) is 16.0 Å². The highest BCUT2D eigenvalue weighted by Crippen LogP contribution is 2.46. The van der Waals surface area contributed by atoms with E-state index in [1.807, 2.05) is 19.1 Å². The average Bonchev–Trinajstić information content (AvgIpc) is 3.41. The van der Waals surface area contributed by atoms with Gasteiger partial charge in [-0.1, -0.05) is 58.8 Å². The number of carbonyl (C=O) groups is 2. The summed E-state index contributed by atoms with van der Waals surface area (Å²) in [5, 5.41) is 12.1. The van der Waals surface area contributed by atoms with Crippen LogP contribution in [0.15, 0.2) is 66.2 Å². The van der Waals surface area contributed by atoms with Crippen LogP contribution in [0.3, 0.4) is 0 Å². The predicted molar refractivity (Wildman–Crippen MR) is 140 cm³/mol. The molecule has 4 aromatic rings. The van der Waals surface area contributed by atoms with Gasteiger partial charge in [0.05, 0.1) is 36.1 Å². The van der Waals surface area contributed by atoms with Gasteiger partial charge in [0.15, 0.2) is 16.6 Å². The Labute approximate surface area is 216 Å². The van der Waals surface area contributed by atoms with Gasteiger partial charge < -0.3 is 14.6 Å². The first-order valence-corrected chi connectivity index (χ1v) is 12.2. The first-order valence-electron chi connectivity index (χ1n) is 11.0. The van der Waals surface area contributed by atoms with E-state index in [1.165, 1.54) is 30.5 Å². The number of carbonyl (C=O) groups excluding carboxylic acids is 2. The van der Waals surface area contributed by atoms with E-state index in [-0.39, 0.29) is 11.3 Å². The number of ether oxygens (including phenoxy) is 2. The molecule has 7 nitrogen and oxygen atoms in total. The molecular weight excluding hydrogens is 500 g/mol. The third-order valence-corrected chi connectivity index (χ3v) is 7.29. The molecule has 0 bridgehead atoms. The van der Waals surface area contributed by atoms with Crippen molar-refractivity contribution in [2.45, 2.75) is 13.0 Å². The van der Waals surface area contributed by atoms with Crippen molar-refractivity contribution >= 4 is 55.7 Å². The highest BCUT2D eigenvalue weighted by molar-refractivity contribution is 7.22. The molecule has 9 heteroatoms. The number of hydrogen-bond donors (Lipinski definition) is 1. The highest BCUT2D eigenvalue weighted by atomic mass is 35.5. The fraction of sp³-hybridized carbons (Fsp3) is 0.148. The van der Waals surface area contributed by atoms with Crippen LogP contribution in [-0.2, 0) is 9.59 Å². The lowest BCUT2D eigenvalue weighted by molar-refractivity contribution is -0.132. The molecule has 1 amide bonds. The summed E-state index contributed by atoms with van der Waals surface area (Å²) in [6.45, 7) is 1.92. The van der Waals surface area contributed by atoms with Crippen LogP contribution in [0.4, 0.5) is 5.13 Å². The fourth-order valence-electron chi connectivity index (χ4n) is 4.22. The number of aliphatic hydroxyl groups excluding tert-OH is 1. The topological polar surface area (TPSA) is 89.0 Å². The van der Waals surface area contributed by atoms with E-state index in [2.05, 4.69) is 4.98 Å². The number of benzene rings is 3. The molecule has 2 heterocycles. The van der Waals surface area contributed by atoms with Crippen molar-refractivity contribution in [3.05, 3.63) is 87.9 Å². The monoisotopic (exact) mass is 520 g/mol. The van der Waals surface area contributed by atoms with E-state index < -0.39 is 17.7 Å². The number of hydrogen-bond acceptors (Lipinski definition) is 7. The zero-order valence-electron chi connectivity index (χ0n) is 19.6. The Bertz CT molecular complexity index is 1540. The molecule has 3 aromatic carbocycles. The van der Waals surface area contributed by atoms with E-state index in [1.54, 1.807) is 48.5 Å². The zero-order valence-corrected chi connectivity index (χ0v) is 21.2. The van der Waals surface area contributed by atoms with Crippen molar-refractivity contribution in [3.63, 3.8) is 0 Å². The molecule has 1 aliphatic heterocycles. The van der Waals surface area contributed by atoms with Gasteiger partial charge in [0.1, 0.15) is 5.76 Å². The summed E-state index contributed by atoms with van der Waals surface area (Å²) in [6, 6.07) is 16.5. The molecule has 0 aliphatic carbocycles. The standard InChI is InChI=1S/C27H21ClN2O5S/c1-14-4-6-15(7-5-14)24(31)22-23(16-8-11-19(34-2)20(12-16)35-3)30(26(33)25(22)32)27-29-18-10-9-17(28)13-21(18)36-27/h4-13,23,31H,1-3H3. The van der Waals surface area contributed by atoms with E-state index in [4.69, 9.17) is 21.1 Å². The zero-order chi connectivity index (χ0) is 25.6. The number of thiazole rings is 1. The summed E-state index contributed by atoms with van der Waals surface area (Å²) in [6.07, 6.45) is 0. The lowest BCUT2D eigenvalue weighted by Crippen LogP contribution is -2.29. The molecule has 0 spiro atoms. The third kappa shape index (κ3) is 3.98.